The van der Waals surface area contributed by atoms with Crippen LogP contribution in [0.3, 0.4) is 0 Å². The van der Waals surface area contributed by atoms with Crippen molar-refractivity contribution in [2.24, 2.45) is 0 Å². The summed E-state index contributed by atoms with van der Waals surface area (Å²) in [5.41, 5.74) is 10.9. The van der Waals surface area contributed by atoms with Crippen LogP contribution < -0.4 is 0 Å². The molecule has 2 unspecified atom stereocenters. The molecule has 4 aromatic rings. The second-order valence-corrected chi connectivity index (χ2v) is 59.4. The molecule has 0 aliphatic heterocycles. The van der Waals surface area contributed by atoms with Crippen LogP contribution in [0.1, 0.15) is 36.5 Å². The minimum absolute atomic E-state index is 0.550. The van der Waals surface area contributed by atoms with Crippen LogP contribution in [-0.4, -0.2) is 5.49 Å². The van der Waals surface area contributed by atoms with Gasteiger partial charge < -0.3 is 0 Å². The Labute approximate surface area is 223 Å². The van der Waals surface area contributed by atoms with Crippen molar-refractivity contribution in [1.29, 1.82) is 0 Å². The van der Waals surface area contributed by atoms with Gasteiger partial charge in [0.1, 0.15) is 0 Å². The Kier molecular flexibility index (Phi) is 6.24. The van der Waals surface area contributed by atoms with Crippen molar-refractivity contribution in [3.05, 3.63) is 131 Å². The van der Waals surface area contributed by atoms with Crippen molar-refractivity contribution >= 4 is 17.6 Å². The number of hydrogen-bond acceptors (Lipinski definition) is 0. The van der Waals surface area contributed by atoms with Crippen molar-refractivity contribution in [1.82, 2.24) is 0 Å². The summed E-state index contributed by atoms with van der Waals surface area (Å²) in [5.74, 6) is 0. The molecule has 2 aliphatic carbocycles. The molecular formula is C35H36HfSi. The van der Waals surface area contributed by atoms with Crippen LogP contribution in [0.25, 0.3) is 34.4 Å². The first kappa shape index (κ1) is 24.8. The van der Waals surface area contributed by atoms with Gasteiger partial charge in [0.05, 0.1) is 0 Å². The van der Waals surface area contributed by atoms with Crippen molar-refractivity contribution in [2.45, 2.75) is 36.2 Å². The van der Waals surface area contributed by atoms with E-state index in [1.165, 1.54) is 39.4 Å². The quantitative estimate of drug-likeness (QED) is 0.187. The van der Waals surface area contributed by atoms with Gasteiger partial charge in [-0.05, 0) is 0 Å². The third-order valence-electron chi connectivity index (χ3n) is 9.82. The zero-order valence-electron chi connectivity index (χ0n) is 22.4. The van der Waals surface area contributed by atoms with Crippen molar-refractivity contribution in [2.75, 3.05) is 0 Å². The molecule has 0 fully saturated rings. The summed E-state index contributed by atoms with van der Waals surface area (Å²) >= 11 is -3.67. The van der Waals surface area contributed by atoms with Gasteiger partial charge in [-0.1, -0.05) is 0 Å². The molecule has 4 aromatic carbocycles. The van der Waals surface area contributed by atoms with Crippen molar-refractivity contribution in [3.8, 4) is 22.3 Å². The Hall–Kier alpha value is -2.55. The number of rotatable bonds is 5. The standard InChI is InChI=1S/2C15H11.C3H8Si.2CH3.Hf/c2*1-2-6-12(7-3-1)14-10-4-8-13-9-5-11-15(13)14;1-3-4-2;;;/h2*1-11H;3H2,1-2H3;2*1H3;. The molecule has 0 N–H and O–H groups in total. The summed E-state index contributed by atoms with van der Waals surface area (Å²) in [7, 11) is 0. The molecule has 0 bridgehead atoms. The Balaban J connectivity index is 1.54. The molecule has 0 amide bonds. The number of hydrogen-bond donors (Lipinski definition) is 0. The first-order valence-corrected chi connectivity index (χ1v) is 32.6. The monoisotopic (exact) mass is 664 g/mol. The summed E-state index contributed by atoms with van der Waals surface area (Å²) in [6.07, 6.45) is 10.2. The second-order valence-electron chi connectivity index (χ2n) is 11.8. The van der Waals surface area contributed by atoms with Gasteiger partial charge in [0.2, 0.25) is 0 Å². The molecule has 2 aliphatic rings. The average Bonchev–Trinajstić information content (AvgIpc) is 3.59. The molecule has 184 valence electrons. The fourth-order valence-corrected chi connectivity index (χ4v) is 52.0. The predicted octanol–water partition coefficient (Wildman–Crippen LogP) is 10.3. The molecule has 0 saturated carbocycles. The van der Waals surface area contributed by atoms with Gasteiger partial charge in [-0.15, -0.1) is 0 Å². The first-order chi connectivity index (χ1) is 17.9. The number of allylic oxidation sites excluding steroid dienone is 2. The molecule has 6 rings (SSSR count). The van der Waals surface area contributed by atoms with Gasteiger partial charge in [0.25, 0.3) is 0 Å². The second kappa shape index (κ2) is 9.33. The van der Waals surface area contributed by atoms with Gasteiger partial charge in [0, 0.05) is 0 Å². The van der Waals surface area contributed by atoms with Gasteiger partial charge in [-0.2, -0.15) is 0 Å². The van der Waals surface area contributed by atoms with Crippen molar-refractivity contribution in [3.63, 3.8) is 0 Å². The van der Waals surface area contributed by atoms with Crippen LogP contribution in [0.2, 0.25) is 22.0 Å². The Morgan fingerprint density at radius 3 is 1.43 bits per heavy atom. The van der Waals surface area contributed by atoms with Crippen LogP contribution in [0.4, 0.5) is 0 Å². The van der Waals surface area contributed by atoms with E-state index < -0.39 is 22.6 Å². The molecular weight excluding hydrogens is 627 g/mol. The Bertz CT molecular complexity index is 1510. The van der Waals surface area contributed by atoms with E-state index in [-0.39, 0.29) is 0 Å². The van der Waals surface area contributed by atoms with Crippen molar-refractivity contribution < 1.29 is 17.1 Å². The fraction of sp³-hybridized carbons (Fsp3) is 0.200. The van der Waals surface area contributed by atoms with E-state index in [0.717, 1.165) is 0 Å². The van der Waals surface area contributed by atoms with E-state index in [1.807, 2.05) is 0 Å². The van der Waals surface area contributed by atoms with E-state index in [2.05, 4.69) is 144 Å². The molecule has 2 atom stereocenters. The summed E-state index contributed by atoms with van der Waals surface area (Å²) in [5, 5.41) is 0. The third kappa shape index (κ3) is 3.79. The molecule has 0 heterocycles. The SMILES string of the molecule is CC[Si](C)=[Hf]([CH3])([CH3])([CH]1C=Cc2c(-c3ccccc3)cccc21)[CH]1C=Cc2c(-c3ccccc3)cccc21. The minimum atomic E-state index is -3.67. The van der Waals surface area contributed by atoms with E-state index >= 15 is 0 Å². The molecule has 0 aromatic heterocycles. The maximum absolute atomic E-state index is 3.67. The molecule has 2 heteroatoms. The zero-order valence-corrected chi connectivity index (χ0v) is 27.0. The fourth-order valence-electron chi connectivity index (χ4n) is 7.24. The van der Waals surface area contributed by atoms with Crippen LogP contribution in [-0.2, 0) is 17.1 Å². The average molecular weight is 663 g/mol. The maximum atomic E-state index is 2.83. The van der Waals surface area contributed by atoms with Gasteiger partial charge in [-0.25, -0.2) is 0 Å². The molecule has 37 heavy (non-hydrogen) atoms. The Morgan fingerprint density at radius 1 is 0.595 bits per heavy atom. The van der Waals surface area contributed by atoms with E-state index in [1.54, 1.807) is 11.1 Å². The van der Waals surface area contributed by atoms with Crippen LogP contribution in [0.15, 0.2) is 109 Å². The molecule has 0 radical (unpaired) electrons. The van der Waals surface area contributed by atoms with Gasteiger partial charge in [0.15, 0.2) is 0 Å². The van der Waals surface area contributed by atoms with Crippen LogP contribution in [0.5, 0.6) is 0 Å². The Morgan fingerprint density at radius 2 is 1.03 bits per heavy atom. The first-order valence-electron chi connectivity index (χ1n) is 13.7. The number of benzene rings is 4. The summed E-state index contributed by atoms with van der Waals surface area (Å²) < 4.78 is 6.81. The van der Waals surface area contributed by atoms with E-state index in [0.29, 0.717) is 7.35 Å². The summed E-state index contributed by atoms with van der Waals surface area (Å²) in [6.45, 7) is 5.12. The molecule has 0 spiro atoms. The normalized spacial score (nSPS) is 18.1. The molecule has 0 nitrogen and oxygen atoms in total. The topological polar surface area (TPSA) is 0 Å². The van der Waals surface area contributed by atoms with Gasteiger partial charge >= 0.3 is 225 Å². The summed E-state index contributed by atoms with van der Waals surface area (Å²) in [4.78, 5) is 0. The third-order valence-corrected chi connectivity index (χ3v) is 68.9. The van der Waals surface area contributed by atoms with E-state index in [9.17, 15) is 0 Å². The van der Waals surface area contributed by atoms with E-state index in [4.69, 9.17) is 0 Å². The zero-order chi connectivity index (χ0) is 25.6. The van der Waals surface area contributed by atoms with Gasteiger partial charge in [-0.3, -0.25) is 0 Å². The van der Waals surface area contributed by atoms with Crippen LogP contribution >= 0.6 is 0 Å². The molecule has 0 saturated heterocycles. The predicted molar refractivity (Wildman–Crippen MR) is 161 cm³/mol. The summed E-state index contributed by atoms with van der Waals surface area (Å²) in [6, 6.07) is 37.3. The number of fused-ring (bicyclic) bond motifs is 2. The van der Waals surface area contributed by atoms with Crippen LogP contribution in [0, 0.1) is 0 Å².